The fourth-order valence-corrected chi connectivity index (χ4v) is 3.19. The molecule has 0 radical (unpaired) electrons. The monoisotopic (exact) mass is 406 g/mol. The third-order valence-corrected chi connectivity index (χ3v) is 4.98. The molecule has 0 saturated heterocycles. The van der Waals surface area contributed by atoms with Crippen LogP contribution in [-0.2, 0) is 22.4 Å². The Kier molecular flexibility index (Phi) is 8.14. The van der Waals surface area contributed by atoms with E-state index in [0.29, 0.717) is 35.1 Å². The van der Waals surface area contributed by atoms with Gasteiger partial charge in [-0.15, -0.1) is 0 Å². The van der Waals surface area contributed by atoms with E-state index < -0.39 is 0 Å². The molecule has 0 aliphatic carbocycles. The number of hydrogen-bond donors (Lipinski definition) is 1. The van der Waals surface area contributed by atoms with Gasteiger partial charge in [0.1, 0.15) is 0 Å². The Hall–Kier alpha value is -2.04. The molecule has 27 heavy (non-hydrogen) atoms. The van der Waals surface area contributed by atoms with Crippen molar-refractivity contribution in [2.75, 3.05) is 18.4 Å². The number of carbonyl (C=O) groups excluding carboxylic acids is 2. The van der Waals surface area contributed by atoms with Crippen molar-refractivity contribution in [3.05, 3.63) is 63.6 Å². The Morgan fingerprint density at radius 2 is 1.56 bits per heavy atom. The predicted octanol–water partition coefficient (Wildman–Crippen LogP) is 4.98. The normalized spacial score (nSPS) is 10.5. The van der Waals surface area contributed by atoms with Crippen LogP contribution in [0.3, 0.4) is 0 Å². The number of para-hydroxylation sites is 1. The summed E-state index contributed by atoms with van der Waals surface area (Å²) in [6.45, 7) is 4.38. The van der Waals surface area contributed by atoms with Crippen LogP contribution in [0.25, 0.3) is 0 Å². The van der Waals surface area contributed by atoms with Gasteiger partial charge in [0.2, 0.25) is 11.8 Å². The first kappa shape index (κ1) is 21.3. The number of nitrogens with one attached hydrogen (secondary N) is 1. The molecule has 144 valence electrons. The number of hydrogen-bond acceptors (Lipinski definition) is 2. The summed E-state index contributed by atoms with van der Waals surface area (Å²) in [6, 6.07) is 13.3. The van der Waals surface area contributed by atoms with Crippen LogP contribution in [-0.4, -0.2) is 29.8 Å². The molecule has 0 heterocycles. The van der Waals surface area contributed by atoms with Gasteiger partial charge < -0.3 is 10.2 Å². The largest absolute Gasteiger partial charge is 0.334 e. The molecule has 2 aromatic rings. The molecular formula is C21H24Cl2N2O2. The van der Waals surface area contributed by atoms with Crippen molar-refractivity contribution in [3.8, 4) is 0 Å². The fraction of sp³-hybridized carbons (Fsp3) is 0.333. The molecule has 2 rings (SSSR count). The van der Waals surface area contributed by atoms with Crippen LogP contribution in [0.2, 0.25) is 10.0 Å². The highest BCUT2D eigenvalue weighted by atomic mass is 35.5. The van der Waals surface area contributed by atoms with Crippen molar-refractivity contribution in [1.82, 2.24) is 4.90 Å². The molecular weight excluding hydrogens is 383 g/mol. The summed E-state index contributed by atoms with van der Waals surface area (Å²) in [4.78, 5) is 26.3. The van der Waals surface area contributed by atoms with E-state index in [2.05, 4.69) is 36.5 Å². The average molecular weight is 407 g/mol. The van der Waals surface area contributed by atoms with E-state index in [1.54, 1.807) is 18.2 Å². The van der Waals surface area contributed by atoms with Crippen LogP contribution in [0.5, 0.6) is 0 Å². The standard InChI is InChI=1S/C21H24Cl2N2O2/c1-3-15-8-10-16(11-9-15)12-13-20(27)25(4-2)14-19(26)24-21-17(22)6-5-7-18(21)23/h5-11H,3-4,12-14H2,1-2H3,(H,24,26). The topological polar surface area (TPSA) is 49.4 Å². The van der Waals surface area contributed by atoms with Crippen molar-refractivity contribution >= 4 is 40.7 Å². The number of anilines is 1. The van der Waals surface area contributed by atoms with Crippen LogP contribution in [0.1, 0.15) is 31.4 Å². The molecule has 0 bridgehead atoms. The van der Waals surface area contributed by atoms with Gasteiger partial charge in [-0.1, -0.05) is 60.5 Å². The van der Waals surface area contributed by atoms with Crippen LogP contribution in [0.4, 0.5) is 5.69 Å². The van der Waals surface area contributed by atoms with Crippen LogP contribution >= 0.6 is 23.2 Å². The predicted molar refractivity (Wildman–Crippen MR) is 111 cm³/mol. The lowest BCUT2D eigenvalue weighted by Gasteiger charge is -2.21. The number of halogens is 2. The molecule has 0 unspecified atom stereocenters. The van der Waals surface area contributed by atoms with Gasteiger partial charge in [0.25, 0.3) is 0 Å². The summed E-state index contributed by atoms with van der Waals surface area (Å²) < 4.78 is 0. The zero-order valence-electron chi connectivity index (χ0n) is 15.6. The van der Waals surface area contributed by atoms with E-state index in [1.165, 1.54) is 10.5 Å². The molecule has 0 fully saturated rings. The van der Waals surface area contributed by atoms with Gasteiger partial charge in [0.05, 0.1) is 22.3 Å². The van der Waals surface area contributed by atoms with Crippen molar-refractivity contribution in [2.45, 2.75) is 33.1 Å². The molecule has 1 N–H and O–H groups in total. The average Bonchev–Trinajstić information content (AvgIpc) is 2.67. The van der Waals surface area contributed by atoms with Gasteiger partial charge in [0.15, 0.2) is 0 Å². The summed E-state index contributed by atoms with van der Waals surface area (Å²) >= 11 is 12.1. The van der Waals surface area contributed by atoms with Crippen molar-refractivity contribution in [3.63, 3.8) is 0 Å². The van der Waals surface area contributed by atoms with Crippen molar-refractivity contribution in [1.29, 1.82) is 0 Å². The zero-order valence-corrected chi connectivity index (χ0v) is 17.1. The Balaban J connectivity index is 1.90. The molecule has 0 aromatic heterocycles. The Morgan fingerprint density at radius 3 is 2.11 bits per heavy atom. The van der Waals surface area contributed by atoms with E-state index >= 15 is 0 Å². The van der Waals surface area contributed by atoms with Gasteiger partial charge in [-0.2, -0.15) is 0 Å². The molecule has 6 heteroatoms. The number of benzene rings is 2. The minimum absolute atomic E-state index is 0.0361. The number of likely N-dealkylation sites (N-methyl/N-ethyl adjacent to an activating group) is 1. The highest BCUT2D eigenvalue weighted by molar-refractivity contribution is 6.39. The molecule has 2 amide bonds. The Labute approximate surface area is 170 Å². The van der Waals surface area contributed by atoms with E-state index in [1.807, 2.05) is 6.92 Å². The van der Waals surface area contributed by atoms with Crippen molar-refractivity contribution < 1.29 is 9.59 Å². The van der Waals surface area contributed by atoms with Crippen LogP contribution in [0, 0.1) is 0 Å². The number of carbonyl (C=O) groups is 2. The summed E-state index contributed by atoms with van der Waals surface area (Å²) in [7, 11) is 0. The minimum Gasteiger partial charge on any atom is -0.334 e. The second-order valence-electron chi connectivity index (χ2n) is 6.22. The quantitative estimate of drug-likeness (QED) is 0.671. The van der Waals surface area contributed by atoms with Gasteiger partial charge in [0, 0.05) is 13.0 Å². The highest BCUT2D eigenvalue weighted by Gasteiger charge is 2.17. The first-order valence-electron chi connectivity index (χ1n) is 9.04. The van der Waals surface area contributed by atoms with E-state index in [4.69, 9.17) is 23.2 Å². The second kappa shape index (κ2) is 10.3. The maximum atomic E-state index is 12.5. The maximum Gasteiger partial charge on any atom is 0.244 e. The van der Waals surface area contributed by atoms with E-state index in [-0.39, 0.29) is 18.4 Å². The zero-order chi connectivity index (χ0) is 19.8. The SMILES string of the molecule is CCc1ccc(CCC(=O)N(CC)CC(=O)Nc2c(Cl)cccc2Cl)cc1. The molecule has 0 aliphatic heterocycles. The third kappa shape index (κ3) is 6.26. The van der Waals surface area contributed by atoms with Gasteiger partial charge in [-0.25, -0.2) is 0 Å². The van der Waals surface area contributed by atoms with Gasteiger partial charge in [-0.05, 0) is 43.0 Å². The summed E-state index contributed by atoms with van der Waals surface area (Å²) in [6.07, 6.45) is 2.00. The lowest BCUT2D eigenvalue weighted by atomic mass is 10.1. The molecule has 0 spiro atoms. The molecule has 0 atom stereocenters. The van der Waals surface area contributed by atoms with Gasteiger partial charge >= 0.3 is 0 Å². The fourth-order valence-electron chi connectivity index (χ4n) is 2.70. The second-order valence-corrected chi connectivity index (χ2v) is 7.04. The first-order chi connectivity index (χ1) is 12.9. The number of amides is 2. The summed E-state index contributed by atoms with van der Waals surface area (Å²) in [5.74, 6) is -0.384. The Bertz CT molecular complexity index is 771. The van der Waals surface area contributed by atoms with E-state index in [0.717, 1.165) is 12.0 Å². The lowest BCUT2D eigenvalue weighted by molar-refractivity contribution is -0.134. The number of nitrogens with zero attached hydrogens (tertiary/aromatic N) is 1. The minimum atomic E-state index is -0.326. The molecule has 4 nitrogen and oxygen atoms in total. The molecule has 0 aliphatic rings. The number of rotatable bonds is 8. The van der Waals surface area contributed by atoms with Crippen LogP contribution < -0.4 is 5.32 Å². The molecule has 0 saturated carbocycles. The first-order valence-corrected chi connectivity index (χ1v) is 9.79. The van der Waals surface area contributed by atoms with Crippen molar-refractivity contribution in [2.24, 2.45) is 0 Å². The third-order valence-electron chi connectivity index (χ3n) is 4.35. The number of aryl methyl sites for hydroxylation is 2. The Morgan fingerprint density at radius 1 is 0.963 bits per heavy atom. The lowest BCUT2D eigenvalue weighted by Crippen LogP contribution is -2.38. The smallest absolute Gasteiger partial charge is 0.244 e. The van der Waals surface area contributed by atoms with Crippen LogP contribution in [0.15, 0.2) is 42.5 Å². The summed E-state index contributed by atoms with van der Waals surface area (Å²) in [5, 5.41) is 3.41. The maximum absolute atomic E-state index is 12.5. The van der Waals surface area contributed by atoms with E-state index in [9.17, 15) is 9.59 Å². The van der Waals surface area contributed by atoms with Gasteiger partial charge in [-0.3, -0.25) is 9.59 Å². The summed E-state index contributed by atoms with van der Waals surface area (Å²) in [5.41, 5.74) is 2.75. The highest BCUT2D eigenvalue weighted by Crippen LogP contribution is 2.29. The molecule has 2 aromatic carbocycles.